The van der Waals surface area contributed by atoms with E-state index in [9.17, 15) is 14.9 Å². The van der Waals surface area contributed by atoms with Crippen LogP contribution in [0.15, 0.2) is 18.2 Å². The van der Waals surface area contributed by atoms with E-state index >= 15 is 0 Å². The molecule has 1 aromatic rings. The highest BCUT2D eigenvalue weighted by atomic mass is 35.5. The van der Waals surface area contributed by atoms with Crippen molar-refractivity contribution >= 4 is 23.3 Å². The quantitative estimate of drug-likeness (QED) is 0.648. The molecular weight excluding hydrogens is 238 g/mol. The number of nitrogens with zero attached hydrogens (tertiary/aromatic N) is 1. The summed E-state index contributed by atoms with van der Waals surface area (Å²) < 4.78 is 4.96. The maximum Gasteiger partial charge on any atom is 0.344 e. The summed E-state index contributed by atoms with van der Waals surface area (Å²) in [6.07, 6.45) is -1.13. The Labute approximate surface area is 95.6 Å². The molecule has 1 rings (SSSR count). The highest BCUT2D eigenvalue weighted by Gasteiger charge is 2.17. The summed E-state index contributed by atoms with van der Waals surface area (Å²) in [5.74, 6) is -1.20. The Morgan fingerprint density at radius 3 is 2.75 bits per heavy atom. The number of halogens is 1. The van der Waals surface area contributed by atoms with Crippen LogP contribution in [0.2, 0.25) is 5.02 Å². The molecule has 0 fully saturated rings. The molecule has 16 heavy (non-hydrogen) atoms. The van der Waals surface area contributed by atoms with Gasteiger partial charge in [0.25, 0.3) is 5.69 Å². The van der Waals surface area contributed by atoms with Gasteiger partial charge in [-0.15, -0.1) is 0 Å². The van der Waals surface area contributed by atoms with Crippen molar-refractivity contribution in [1.82, 2.24) is 0 Å². The molecule has 0 spiro atoms. The van der Waals surface area contributed by atoms with Gasteiger partial charge in [0.05, 0.1) is 16.0 Å². The largest absolute Gasteiger partial charge is 0.479 e. The van der Waals surface area contributed by atoms with Gasteiger partial charge in [-0.2, -0.15) is 0 Å². The van der Waals surface area contributed by atoms with Gasteiger partial charge in [-0.1, -0.05) is 11.6 Å². The van der Waals surface area contributed by atoms with Crippen molar-refractivity contribution in [3.05, 3.63) is 33.3 Å². The van der Waals surface area contributed by atoms with Gasteiger partial charge in [0.1, 0.15) is 5.75 Å². The molecular formula is C9H8ClNO5. The SMILES string of the molecule is CC(Oc1cc([N+](=O)[O-])ccc1Cl)C(=O)O. The highest BCUT2D eigenvalue weighted by Crippen LogP contribution is 2.29. The number of non-ortho nitro benzene ring substituents is 1. The number of hydrogen-bond donors (Lipinski definition) is 1. The number of nitro benzene ring substituents is 1. The fourth-order valence-corrected chi connectivity index (χ4v) is 1.10. The summed E-state index contributed by atoms with van der Waals surface area (Å²) in [6, 6.07) is 3.58. The minimum atomic E-state index is -1.18. The van der Waals surface area contributed by atoms with E-state index in [2.05, 4.69) is 0 Å². The summed E-state index contributed by atoms with van der Waals surface area (Å²) in [6.45, 7) is 1.30. The van der Waals surface area contributed by atoms with Crippen LogP contribution in [-0.2, 0) is 4.79 Å². The van der Waals surface area contributed by atoms with Crippen LogP contribution in [0.4, 0.5) is 5.69 Å². The Morgan fingerprint density at radius 1 is 1.62 bits per heavy atom. The first-order valence-electron chi connectivity index (χ1n) is 4.25. The molecule has 0 heterocycles. The van der Waals surface area contributed by atoms with E-state index in [0.29, 0.717) is 0 Å². The molecule has 0 aliphatic carbocycles. The van der Waals surface area contributed by atoms with Crippen LogP contribution in [0.3, 0.4) is 0 Å². The van der Waals surface area contributed by atoms with Crippen LogP contribution in [0, 0.1) is 10.1 Å². The Balaban J connectivity index is 2.98. The average Bonchev–Trinajstić information content (AvgIpc) is 2.20. The summed E-state index contributed by atoms with van der Waals surface area (Å²) >= 11 is 5.71. The van der Waals surface area contributed by atoms with Crippen LogP contribution >= 0.6 is 11.6 Å². The van der Waals surface area contributed by atoms with Crippen LogP contribution < -0.4 is 4.74 Å². The van der Waals surface area contributed by atoms with Crippen molar-refractivity contribution < 1.29 is 19.6 Å². The minimum Gasteiger partial charge on any atom is -0.479 e. The summed E-state index contributed by atoms with van der Waals surface area (Å²) in [5, 5.41) is 19.2. The van der Waals surface area contributed by atoms with Gasteiger partial charge in [0.2, 0.25) is 0 Å². The number of carboxylic acid groups (broad SMARTS) is 1. The molecule has 0 aromatic heterocycles. The first-order valence-corrected chi connectivity index (χ1v) is 4.63. The van der Waals surface area contributed by atoms with Crippen LogP contribution in [0.25, 0.3) is 0 Å². The number of hydrogen-bond acceptors (Lipinski definition) is 4. The zero-order valence-corrected chi connectivity index (χ0v) is 8.97. The van der Waals surface area contributed by atoms with Crippen LogP contribution in [0.5, 0.6) is 5.75 Å². The molecule has 0 saturated carbocycles. The third-order valence-electron chi connectivity index (χ3n) is 1.78. The van der Waals surface area contributed by atoms with Crippen molar-refractivity contribution in [3.63, 3.8) is 0 Å². The van der Waals surface area contributed by atoms with Gasteiger partial charge in [-0.25, -0.2) is 4.79 Å². The number of aliphatic carboxylic acids is 1. The smallest absolute Gasteiger partial charge is 0.344 e. The second-order valence-corrected chi connectivity index (χ2v) is 3.38. The lowest BCUT2D eigenvalue weighted by molar-refractivity contribution is -0.384. The number of carbonyl (C=O) groups is 1. The van der Waals surface area contributed by atoms with E-state index < -0.39 is 17.0 Å². The van der Waals surface area contributed by atoms with Crippen molar-refractivity contribution in [2.75, 3.05) is 0 Å². The van der Waals surface area contributed by atoms with E-state index in [0.717, 1.165) is 6.07 Å². The molecule has 6 nitrogen and oxygen atoms in total. The van der Waals surface area contributed by atoms with Crippen LogP contribution in [-0.4, -0.2) is 22.1 Å². The Kier molecular flexibility index (Phi) is 3.68. The predicted octanol–water partition coefficient (Wildman–Crippen LogP) is 2.10. The number of benzene rings is 1. The molecule has 0 bridgehead atoms. The van der Waals surface area contributed by atoms with Crippen molar-refractivity contribution in [1.29, 1.82) is 0 Å². The lowest BCUT2D eigenvalue weighted by atomic mass is 10.3. The van der Waals surface area contributed by atoms with Crippen molar-refractivity contribution in [3.8, 4) is 5.75 Å². The number of rotatable bonds is 4. The Hall–Kier alpha value is -1.82. The van der Waals surface area contributed by atoms with Crippen molar-refractivity contribution in [2.24, 2.45) is 0 Å². The summed E-state index contributed by atoms with van der Waals surface area (Å²) in [5.41, 5.74) is -0.211. The molecule has 0 aliphatic heterocycles. The Morgan fingerprint density at radius 2 is 2.25 bits per heavy atom. The normalized spacial score (nSPS) is 11.9. The van der Waals surface area contributed by atoms with E-state index in [4.69, 9.17) is 21.4 Å². The first-order chi connectivity index (χ1) is 7.41. The van der Waals surface area contributed by atoms with Gasteiger partial charge in [-0.05, 0) is 13.0 Å². The third kappa shape index (κ3) is 2.83. The van der Waals surface area contributed by atoms with E-state index in [1.807, 2.05) is 0 Å². The average molecular weight is 246 g/mol. The molecule has 1 atom stereocenters. The van der Waals surface area contributed by atoms with E-state index in [-0.39, 0.29) is 16.5 Å². The van der Waals surface area contributed by atoms with Gasteiger partial charge >= 0.3 is 5.97 Å². The van der Waals surface area contributed by atoms with Crippen LogP contribution in [0.1, 0.15) is 6.92 Å². The number of nitro groups is 1. The maximum absolute atomic E-state index is 10.5. The van der Waals surface area contributed by atoms with Gasteiger partial charge in [0.15, 0.2) is 6.10 Å². The number of ether oxygens (including phenoxy) is 1. The summed E-state index contributed by atoms with van der Waals surface area (Å²) in [4.78, 5) is 20.4. The zero-order valence-electron chi connectivity index (χ0n) is 8.21. The topological polar surface area (TPSA) is 89.7 Å². The zero-order chi connectivity index (χ0) is 12.3. The second kappa shape index (κ2) is 4.80. The fourth-order valence-electron chi connectivity index (χ4n) is 0.937. The minimum absolute atomic E-state index is 0.0224. The van der Waals surface area contributed by atoms with E-state index in [1.165, 1.54) is 19.1 Å². The molecule has 0 aliphatic rings. The maximum atomic E-state index is 10.5. The fraction of sp³-hybridized carbons (Fsp3) is 0.222. The predicted molar refractivity (Wildman–Crippen MR) is 55.8 cm³/mol. The molecule has 0 saturated heterocycles. The lowest BCUT2D eigenvalue weighted by Crippen LogP contribution is -2.23. The lowest BCUT2D eigenvalue weighted by Gasteiger charge is -2.11. The molecule has 1 N–H and O–H groups in total. The third-order valence-corrected chi connectivity index (χ3v) is 2.09. The number of carboxylic acids is 1. The Bertz CT molecular complexity index is 434. The first kappa shape index (κ1) is 12.3. The van der Waals surface area contributed by atoms with Crippen molar-refractivity contribution in [2.45, 2.75) is 13.0 Å². The molecule has 0 radical (unpaired) electrons. The van der Waals surface area contributed by atoms with Gasteiger partial charge < -0.3 is 9.84 Å². The molecule has 1 unspecified atom stereocenters. The monoisotopic (exact) mass is 245 g/mol. The standard InChI is InChI=1S/C9H8ClNO5/c1-5(9(12)13)16-8-4-6(11(14)15)2-3-7(8)10/h2-5H,1H3,(H,12,13). The van der Waals surface area contributed by atoms with Gasteiger partial charge in [-0.3, -0.25) is 10.1 Å². The van der Waals surface area contributed by atoms with E-state index in [1.54, 1.807) is 0 Å². The molecule has 86 valence electrons. The molecule has 0 amide bonds. The summed E-state index contributed by atoms with van der Waals surface area (Å²) in [7, 11) is 0. The molecule has 7 heteroatoms. The second-order valence-electron chi connectivity index (χ2n) is 2.97. The molecule has 1 aromatic carbocycles. The van der Waals surface area contributed by atoms with Gasteiger partial charge in [0, 0.05) is 6.07 Å². The highest BCUT2D eigenvalue weighted by molar-refractivity contribution is 6.32.